The maximum atomic E-state index is 12.5. The molecular weight excluding hydrogens is 395 g/mol. The quantitative estimate of drug-likeness (QED) is 0.395. The van der Waals surface area contributed by atoms with Crippen molar-refractivity contribution < 1.29 is 13.2 Å². The molecule has 0 spiro atoms. The molecule has 0 aliphatic heterocycles. The number of pyridine rings is 1. The summed E-state index contributed by atoms with van der Waals surface area (Å²) in [6, 6.07) is 17.3. The van der Waals surface area contributed by atoms with Gasteiger partial charge in [0.1, 0.15) is 5.82 Å². The van der Waals surface area contributed by atoms with Crippen molar-refractivity contribution in [2.75, 3.05) is 5.43 Å². The van der Waals surface area contributed by atoms with Crippen LogP contribution in [0.15, 0.2) is 81.8 Å². The van der Waals surface area contributed by atoms with Crippen LogP contribution in [0.1, 0.15) is 11.1 Å². The molecule has 0 bridgehead atoms. The lowest BCUT2D eigenvalue weighted by Gasteiger charge is -2.07. The Balaban J connectivity index is 1.69. The Bertz CT molecular complexity index is 926. The van der Waals surface area contributed by atoms with Gasteiger partial charge in [-0.2, -0.15) is 18.3 Å². The van der Waals surface area contributed by atoms with Crippen LogP contribution in [0, 0.1) is 0 Å². The first-order chi connectivity index (χ1) is 12.9. The Labute approximate surface area is 163 Å². The van der Waals surface area contributed by atoms with Crippen molar-refractivity contribution in [3.05, 3.63) is 83.0 Å². The molecule has 0 atom stereocenters. The van der Waals surface area contributed by atoms with Crippen LogP contribution in [0.5, 0.6) is 0 Å². The largest absolute Gasteiger partial charge is 0.417 e. The average Bonchev–Trinajstić information content (AvgIpc) is 2.65. The van der Waals surface area contributed by atoms with E-state index in [-0.39, 0.29) is 5.82 Å². The maximum absolute atomic E-state index is 12.5. The van der Waals surface area contributed by atoms with E-state index in [1.807, 2.05) is 48.5 Å². The van der Waals surface area contributed by atoms with Gasteiger partial charge in [-0.05, 0) is 42.5 Å². The topological polar surface area (TPSA) is 37.3 Å². The van der Waals surface area contributed by atoms with Crippen molar-refractivity contribution in [2.24, 2.45) is 5.10 Å². The van der Waals surface area contributed by atoms with E-state index in [9.17, 15) is 13.2 Å². The van der Waals surface area contributed by atoms with E-state index in [0.717, 1.165) is 27.6 Å². The van der Waals surface area contributed by atoms with Gasteiger partial charge in [-0.1, -0.05) is 41.6 Å². The van der Waals surface area contributed by atoms with Gasteiger partial charge in [0.2, 0.25) is 0 Å². The molecule has 3 nitrogen and oxygen atoms in total. The first-order valence-corrected chi connectivity index (χ1v) is 8.96. The minimum atomic E-state index is -4.41. The lowest BCUT2D eigenvalue weighted by molar-refractivity contribution is -0.137. The van der Waals surface area contributed by atoms with Gasteiger partial charge in [0, 0.05) is 26.6 Å². The maximum Gasteiger partial charge on any atom is 0.417 e. The number of alkyl halides is 3. The smallest absolute Gasteiger partial charge is 0.261 e. The van der Waals surface area contributed by atoms with Crippen LogP contribution in [0.2, 0.25) is 5.02 Å². The molecule has 2 aromatic carbocycles. The predicted octanol–water partition coefficient (Wildman–Crippen LogP) is 6.35. The molecule has 0 unspecified atom stereocenters. The summed E-state index contributed by atoms with van der Waals surface area (Å²) in [5, 5.41) is 4.74. The number of hydrogen-bond donors (Lipinski definition) is 1. The number of halogens is 4. The number of nitrogens with zero attached hydrogens (tertiary/aromatic N) is 2. The molecule has 8 heteroatoms. The summed E-state index contributed by atoms with van der Waals surface area (Å²) in [7, 11) is 0. The van der Waals surface area contributed by atoms with Gasteiger partial charge in [0.05, 0.1) is 11.8 Å². The molecule has 3 aromatic rings. The second-order valence-corrected chi connectivity index (χ2v) is 6.95. The summed E-state index contributed by atoms with van der Waals surface area (Å²) in [5.41, 5.74) is 2.69. The minimum absolute atomic E-state index is 0.224. The zero-order valence-corrected chi connectivity index (χ0v) is 15.3. The first-order valence-electron chi connectivity index (χ1n) is 7.76. The Morgan fingerprint density at radius 2 is 1.74 bits per heavy atom. The van der Waals surface area contributed by atoms with E-state index in [1.54, 1.807) is 18.0 Å². The van der Waals surface area contributed by atoms with Crippen LogP contribution in [0.4, 0.5) is 19.0 Å². The number of hydrogen-bond acceptors (Lipinski definition) is 4. The summed E-state index contributed by atoms with van der Waals surface area (Å²) < 4.78 is 37.6. The van der Waals surface area contributed by atoms with E-state index >= 15 is 0 Å². The van der Waals surface area contributed by atoms with Gasteiger partial charge >= 0.3 is 6.18 Å². The van der Waals surface area contributed by atoms with E-state index < -0.39 is 11.7 Å². The van der Waals surface area contributed by atoms with Gasteiger partial charge in [-0.3, -0.25) is 5.43 Å². The molecule has 0 aliphatic rings. The molecule has 27 heavy (non-hydrogen) atoms. The third-order valence-electron chi connectivity index (χ3n) is 3.43. The normalized spacial score (nSPS) is 11.7. The molecule has 3 rings (SSSR count). The van der Waals surface area contributed by atoms with Crippen LogP contribution in [0.3, 0.4) is 0 Å². The van der Waals surface area contributed by atoms with Gasteiger partial charge in [-0.15, -0.1) is 0 Å². The number of benzene rings is 2. The summed E-state index contributed by atoms with van der Waals surface area (Å²) >= 11 is 7.46. The number of nitrogens with one attached hydrogen (secondary N) is 1. The van der Waals surface area contributed by atoms with Crippen molar-refractivity contribution in [1.82, 2.24) is 4.98 Å². The van der Waals surface area contributed by atoms with Gasteiger partial charge in [-0.25, -0.2) is 4.98 Å². The molecular formula is C19H13ClF3N3S. The molecule has 0 saturated heterocycles. The van der Waals surface area contributed by atoms with Gasteiger partial charge in [0.25, 0.3) is 0 Å². The SMILES string of the molecule is FC(F)(F)c1ccc(N/N=C/c2ccccc2Sc2ccc(Cl)cc2)nc1. The molecule has 1 N–H and O–H groups in total. The summed E-state index contributed by atoms with van der Waals surface area (Å²) in [4.78, 5) is 5.72. The molecule has 0 amide bonds. The fourth-order valence-corrected chi connectivity index (χ4v) is 3.14. The number of aromatic nitrogens is 1. The molecule has 0 aliphatic carbocycles. The molecule has 0 radical (unpaired) electrons. The Morgan fingerprint density at radius 1 is 1.00 bits per heavy atom. The fourth-order valence-electron chi connectivity index (χ4n) is 2.11. The minimum Gasteiger partial charge on any atom is -0.261 e. The summed E-state index contributed by atoms with van der Waals surface area (Å²) in [5.74, 6) is 0.224. The lowest BCUT2D eigenvalue weighted by atomic mass is 10.2. The zero-order valence-electron chi connectivity index (χ0n) is 13.7. The van der Waals surface area contributed by atoms with Crippen LogP contribution in [-0.2, 0) is 6.18 Å². The van der Waals surface area contributed by atoms with Crippen LogP contribution >= 0.6 is 23.4 Å². The highest BCUT2D eigenvalue weighted by molar-refractivity contribution is 7.99. The number of rotatable bonds is 5. The van der Waals surface area contributed by atoms with E-state index in [1.165, 1.54) is 6.07 Å². The summed E-state index contributed by atoms with van der Waals surface area (Å²) in [6.45, 7) is 0. The fraction of sp³-hybridized carbons (Fsp3) is 0.0526. The zero-order chi connectivity index (χ0) is 19.3. The number of hydrazone groups is 1. The molecule has 0 saturated carbocycles. The first kappa shape index (κ1) is 19.3. The molecule has 1 aromatic heterocycles. The van der Waals surface area contributed by atoms with Gasteiger partial charge in [0.15, 0.2) is 0 Å². The van der Waals surface area contributed by atoms with Crippen molar-refractivity contribution in [3.8, 4) is 0 Å². The van der Waals surface area contributed by atoms with Crippen LogP contribution in [-0.4, -0.2) is 11.2 Å². The molecule has 0 fully saturated rings. The second-order valence-electron chi connectivity index (χ2n) is 5.39. The highest BCUT2D eigenvalue weighted by Crippen LogP contribution is 2.31. The predicted molar refractivity (Wildman–Crippen MR) is 102 cm³/mol. The Morgan fingerprint density at radius 3 is 2.41 bits per heavy atom. The lowest BCUT2D eigenvalue weighted by Crippen LogP contribution is -2.05. The van der Waals surface area contributed by atoms with Crippen LogP contribution in [0.25, 0.3) is 0 Å². The standard InChI is InChI=1S/C19H13ClF3N3S/c20-15-6-8-16(9-7-15)27-17-4-2-1-3-13(17)11-25-26-18-10-5-14(12-24-18)19(21,22)23/h1-12H,(H,24,26)/b25-11+. The monoisotopic (exact) mass is 407 g/mol. The Kier molecular flexibility index (Phi) is 6.03. The van der Waals surface area contributed by atoms with Gasteiger partial charge < -0.3 is 0 Å². The van der Waals surface area contributed by atoms with Crippen molar-refractivity contribution >= 4 is 35.4 Å². The van der Waals surface area contributed by atoms with Crippen molar-refractivity contribution in [3.63, 3.8) is 0 Å². The van der Waals surface area contributed by atoms with E-state index in [0.29, 0.717) is 5.02 Å². The van der Waals surface area contributed by atoms with Crippen molar-refractivity contribution in [2.45, 2.75) is 16.0 Å². The van der Waals surface area contributed by atoms with E-state index in [2.05, 4.69) is 15.5 Å². The number of anilines is 1. The molecule has 1 heterocycles. The Hall–Kier alpha value is -2.51. The summed E-state index contributed by atoms with van der Waals surface area (Å²) in [6.07, 6.45) is -2.05. The third-order valence-corrected chi connectivity index (χ3v) is 4.79. The molecule has 138 valence electrons. The second kappa shape index (κ2) is 8.45. The third kappa shape index (κ3) is 5.48. The highest BCUT2D eigenvalue weighted by atomic mass is 35.5. The van der Waals surface area contributed by atoms with E-state index in [4.69, 9.17) is 11.6 Å². The van der Waals surface area contributed by atoms with Crippen molar-refractivity contribution in [1.29, 1.82) is 0 Å². The average molecular weight is 408 g/mol. The van der Waals surface area contributed by atoms with Crippen LogP contribution < -0.4 is 5.43 Å². The highest BCUT2D eigenvalue weighted by Gasteiger charge is 2.30.